The van der Waals surface area contributed by atoms with Gasteiger partial charge in [-0.15, -0.1) is 0 Å². The summed E-state index contributed by atoms with van der Waals surface area (Å²) in [6, 6.07) is 0. The number of unbranched alkanes of at least 4 members (excludes halogenated alkanes) is 8. The molecule has 1 atom stereocenters. The molecule has 0 N–H and O–H groups in total. The van der Waals surface area contributed by atoms with Crippen LogP contribution in [0.25, 0.3) is 0 Å². The van der Waals surface area contributed by atoms with Crippen molar-refractivity contribution < 1.29 is 0 Å². The molecular weight excluding hydrogens is 412 g/mol. The predicted molar refractivity (Wildman–Crippen MR) is 147 cm³/mol. The molecule has 2 nitrogen and oxygen atoms in total. The normalized spacial score (nSPS) is 22.6. The van der Waals surface area contributed by atoms with Crippen LogP contribution in [0.1, 0.15) is 154 Å². The molecule has 0 amide bonds. The topological polar surface area (TPSA) is 25.8 Å². The Morgan fingerprint density at radius 3 is 1.91 bits per heavy atom. The van der Waals surface area contributed by atoms with Crippen LogP contribution in [0.15, 0.2) is 12.4 Å². The first-order valence-corrected chi connectivity index (χ1v) is 15.6. The van der Waals surface area contributed by atoms with Gasteiger partial charge in [0.05, 0.1) is 0 Å². The minimum atomic E-state index is 0.825. The van der Waals surface area contributed by atoms with Gasteiger partial charge in [-0.2, -0.15) is 0 Å². The highest BCUT2D eigenvalue weighted by molar-refractivity contribution is 5.06. The van der Waals surface area contributed by atoms with Crippen LogP contribution in [0.5, 0.6) is 0 Å². The maximum atomic E-state index is 4.89. The first-order valence-electron chi connectivity index (χ1n) is 15.6. The zero-order chi connectivity index (χ0) is 23.8. The van der Waals surface area contributed by atoms with E-state index in [9.17, 15) is 0 Å². The molecule has 194 valence electrons. The van der Waals surface area contributed by atoms with Crippen LogP contribution in [0.2, 0.25) is 0 Å². The molecule has 1 unspecified atom stereocenters. The number of nitrogens with zero attached hydrogens (tertiary/aromatic N) is 2. The highest BCUT2D eigenvalue weighted by atomic mass is 14.9. The van der Waals surface area contributed by atoms with Gasteiger partial charge in [-0.05, 0) is 54.9 Å². The molecule has 0 aliphatic heterocycles. The highest BCUT2D eigenvalue weighted by Gasteiger charge is 2.33. The fourth-order valence-electron chi connectivity index (χ4n) is 6.98. The summed E-state index contributed by atoms with van der Waals surface area (Å²) < 4.78 is 0. The van der Waals surface area contributed by atoms with E-state index in [0.717, 1.165) is 42.3 Å². The summed E-state index contributed by atoms with van der Waals surface area (Å²) >= 11 is 0. The maximum Gasteiger partial charge on any atom is 0.128 e. The van der Waals surface area contributed by atoms with Gasteiger partial charge in [0.15, 0.2) is 0 Å². The van der Waals surface area contributed by atoms with Gasteiger partial charge in [0, 0.05) is 18.8 Å². The summed E-state index contributed by atoms with van der Waals surface area (Å²) in [6.45, 7) is 4.60. The first-order chi connectivity index (χ1) is 16.8. The van der Waals surface area contributed by atoms with Crippen molar-refractivity contribution in [2.75, 3.05) is 0 Å². The molecule has 3 rings (SSSR count). The van der Waals surface area contributed by atoms with E-state index in [0.29, 0.717) is 0 Å². The van der Waals surface area contributed by atoms with Gasteiger partial charge in [0.2, 0.25) is 0 Å². The average Bonchev–Trinajstić information content (AvgIpc) is 2.89. The molecule has 2 aliphatic carbocycles. The Bertz CT molecular complexity index is 610. The summed E-state index contributed by atoms with van der Waals surface area (Å²) in [5.74, 6) is 4.80. The van der Waals surface area contributed by atoms with E-state index in [4.69, 9.17) is 9.97 Å². The Morgan fingerprint density at radius 1 is 0.676 bits per heavy atom. The number of rotatable bonds is 16. The molecular formula is C32H56N2. The van der Waals surface area contributed by atoms with Gasteiger partial charge in [-0.25, -0.2) is 9.97 Å². The molecule has 0 radical (unpaired) electrons. The van der Waals surface area contributed by atoms with Gasteiger partial charge < -0.3 is 0 Å². The lowest BCUT2D eigenvalue weighted by atomic mass is 9.66. The van der Waals surface area contributed by atoms with E-state index in [-0.39, 0.29) is 0 Å². The molecule has 1 aromatic heterocycles. The molecule has 2 fully saturated rings. The summed E-state index contributed by atoms with van der Waals surface area (Å²) in [5, 5.41) is 0. The van der Waals surface area contributed by atoms with Gasteiger partial charge in [-0.3, -0.25) is 0 Å². The number of aromatic nitrogens is 2. The second kappa shape index (κ2) is 16.7. The number of hydrogen-bond donors (Lipinski definition) is 0. The predicted octanol–water partition coefficient (Wildman–Crippen LogP) is 9.90. The van der Waals surface area contributed by atoms with Gasteiger partial charge in [-0.1, -0.05) is 123 Å². The molecule has 0 aromatic carbocycles. The summed E-state index contributed by atoms with van der Waals surface area (Å²) in [7, 11) is 0. The molecule has 0 spiro atoms. The van der Waals surface area contributed by atoms with Crippen LogP contribution < -0.4 is 0 Å². The molecule has 0 saturated heterocycles. The second-order valence-corrected chi connectivity index (χ2v) is 11.9. The largest absolute Gasteiger partial charge is 0.241 e. The van der Waals surface area contributed by atoms with Crippen molar-refractivity contribution >= 4 is 0 Å². The van der Waals surface area contributed by atoms with E-state index in [2.05, 4.69) is 26.2 Å². The molecule has 0 bridgehead atoms. The van der Waals surface area contributed by atoms with E-state index < -0.39 is 0 Å². The summed E-state index contributed by atoms with van der Waals surface area (Å²) in [5.41, 5.74) is 1.34. The first kappa shape index (κ1) is 27.7. The lowest BCUT2D eigenvalue weighted by molar-refractivity contribution is 0.121. The molecule has 34 heavy (non-hydrogen) atoms. The van der Waals surface area contributed by atoms with Crippen molar-refractivity contribution in [3.05, 3.63) is 23.8 Å². The van der Waals surface area contributed by atoms with Crippen LogP contribution in [0.3, 0.4) is 0 Å². The highest BCUT2D eigenvalue weighted by Crippen LogP contribution is 2.43. The standard InChI is InChI=1S/C32H56N2/c1-3-5-7-9-12-16-27-20-22-30(23-21-27)31(29-18-14-11-15-19-29)24-32-33-25-28(26-34-32)17-13-10-8-6-4-2/h25-27,29-31H,3-24H2,1-2H3. The maximum absolute atomic E-state index is 4.89. The van der Waals surface area contributed by atoms with Crippen LogP contribution in [-0.2, 0) is 12.8 Å². The van der Waals surface area contributed by atoms with Crippen LogP contribution in [0, 0.1) is 23.7 Å². The fourth-order valence-corrected chi connectivity index (χ4v) is 6.98. The molecule has 1 heterocycles. The number of hydrogen-bond acceptors (Lipinski definition) is 2. The third-order valence-electron chi connectivity index (χ3n) is 9.21. The smallest absolute Gasteiger partial charge is 0.128 e. The quantitative estimate of drug-likeness (QED) is 0.225. The zero-order valence-corrected chi connectivity index (χ0v) is 22.9. The summed E-state index contributed by atoms with van der Waals surface area (Å²) in [4.78, 5) is 9.78. The van der Waals surface area contributed by atoms with Crippen molar-refractivity contribution in [3.63, 3.8) is 0 Å². The van der Waals surface area contributed by atoms with E-state index >= 15 is 0 Å². The van der Waals surface area contributed by atoms with Crippen molar-refractivity contribution in [1.82, 2.24) is 9.97 Å². The lowest BCUT2D eigenvalue weighted by Gasteiger charge is -2.39. The van der Waals surface area contributed by atoms with Crippen LogP contribution >= 0.6 is 0 Å². The lowest BCUT2D eigenvalue weighted by Crippen LogP contribution is -2.31. The Kier molecular flexibility index (Phi) is 13.6. The van der Waals surface area contributed by atoms with Crippen molar-refractivity contribution in [2.45, 2.75) is 155 Å². The molecule has 2 heteroatoms. The van der Waals surface area contributed by atoms with E-state index in [1.54, 1.807) is 0 Å². The van der Waals surface area contributed by atoms with Crippen molar-refractivity contribution in [1.29, 1.82) is 0 Å². The monoisotopic (exact) mass is 468 g/mol. The Hall–Kier alpha value is -0.920. The zero-order valence-electron chi connectivity index (χ0n) is 22.9. The van der Waals surface area contributed by atoms with Crippen LogP contribution in [-0.4, -0.2) is 9.97 Å². The average molecular weight is 469 g/mol. The second-order valence-electron chi connectivity index (χ2n) is 11.9. The fraction of sp³-hybridized carbons (Fsp3) is 0.875. The Balaban J connectivity index is 1.48. The van der Waals surface area contributed by atoms with E-state index in [1.165, 1.54) is 134 Å². The Morgan fingerprint density at radius 2 is 1.26 bits per heavy atom. The minimum absolute atomic E-state index is 0.825. The SMILES string of the molecule is CCCCCCCc1cnc(CC(C2CCCCC2)C2CCC(CCCCCCC)CC2)nc1. The van der Waals surface area contributed by atoms with Crippen molar-refractivity contribution in [2.24, 2.45) is 23.7 Å². The van der Waals surface area contributed by atoms with Crippen molar-refractivity contribution in [3.8, 4) is 0 Å². The van der Waals surface area contributed by atoms with Gasteiger partial charge in [0.1, 0.15) is 5.82 Å². The van der Waals surface area contributed by atoms with Gasteiger partial charge in [0.25, 0.3) is 0 Å². The molecule has 1 aromatic rings. The molecule has 2 saturated carbocycles. The minimum Gasteiger partial charge on any atom is -0.241 e. The van der Waals surface area contributed by atoms with E-state index in [1.807, 2.05) is 0 Å². The third-order valence-corrected chi connectivity index (χ3v) is 9.21. The summed E-state index contributed by atoms with van der Waals surface area (Å²) in [6.07, 6.45) is 35.1. The van der Waals surface area contributed by atoms with Gasteiger partial charge >= 0.3 is 0 Å². The Labute approximate surface area is 212 Å². The number of aryl methyl sites for hydroxylation is 1. The molecule has 2 aliphatic rings. The van der Waals surface area contributed by atoms with Crippen LogP contribution in [0.4, 0.5) is 0 Å². The third kappa shape index (κ3) is 9.98.